The monoisotopic (exact) mass is 432 g/mol. The Balaban J connectivity index is 2.21. The molecule has 0 spiro atoms. The Labute approximate surface area is 141 Å². The lowest BCUT2D eigenvalue weighted by atomic mass is 10.2. The number of nitrogens with one attached hydrogen (secondary N) is 1. The average molecular weight is 434 g/mol. The SMILES string of the molecule is COc1cc(Br)c(Br)c(C=NNC(=O)c2cccs2)c1O. The molecular weight excluding hydrogens is 424 g/mol. The van der Waals surface area contributed by atoms with Crippen molar-refractivity contribution in [3.05, 3.63) is 43.0 Å². The van der Waals surface area contributed by atoms with E-state index < -0.39 is 0 Å². The normalized spacial score (nSPS) is 10.8. The third-order valence-corrected chi connectivity index (χ3v) is 5.40. The number of methoxy groups -OCH3 is 1. The standard InChI is InChI=1S/C13H10Br2N2O3S/c1-20-9-5-8(14)11(15)7(12(9)18)6-16-17-13(19)10-3-2-4-21-10/h2-6,18H,1H3,(H,17,19). The highest BCUT2D eigenvalue weighted by Crippen LogP contribution is 2.39. The number of hydrazone groups is 1. The second-order valence-corrected chi connectivity index (χ2v) is 6.41. The largest absolute Gasteiger partial charge is 0.504 e. The molecule has 110 valence electrons. The number of halogens is 2. The Bertz CT molecular complexity index is 687. The first kappa shape index (κ1) is 16.0. The van der Waals surface area contributed by atoms with Crippen molar-refractivity contribution in [3.63, 3.8) is 0 Å². The number of nitrogens with zero attached hydrogens (tertiary/aromatic N) is 1. The van der Waals surface area contributed by atoms with Gasteiger partial charge in [-0.15, -0.1) is 11.3 Å². The number of amides is 1. The van der Waals surface area contributed by atoms with Gasteiger partial charge in [-0.25, -0.2) is 5.43 Å². The van der Waals surface area contributed by atoms with Crippen LogP contribution in [0.1, 0.15) is 15.2 Å². The molecule has 1 amide bonds. The third kappa shape index (κ3) is 3.63. The molecule has 0 unspecified atom stereocenters. The first-order chi connectivity index (χ1) is 10.0. The molecule has 0 saturated heterocycles. The number of thiophene rings is 1. The van der Waals surface area contributed by atoms with Crippen LogP contribution in [0, 0.1) is 0 Å². The van der Waals surface area contributed by atoms with E-state index in [2.05, 4.69) is 42.4 Å². The van der Waals surface area contributed by atoms with Gasteiger partial charge >= 0.3 is 0 Å². The fraction of sp³-hybridized carbons (Fsp3) is 0.0769. The summed E-state index contributed by atoms with van der Waals surface area (Å²) in [6.07, 6.45) is 1.35. The molecule has 0 aliphatic heterocycles. The van der Waals surface area contributed by atoms with Crippen LogP contribution in [0.4, 0.5) is 0 Å². The Morgan fingerprint density at radius 3 is 2.90 bits per heavy atom. The molecule has 0 saturated carbocycles. The minimum absolute atomic E-state index is 0.0679. The molecule has 0 aliphatic carbocycles. The maximum atomic E-state index is 11.7. The summed E-state index contributed by atoms with van der Waals surface area (Å²) in [7, 11) is 1.45. The summed E-state index contributed by atoms with van der Waals surface area (Å²) >= 11 is 7.99. The summed E-state index contributed by atoms with van der Waals surface area (Å²) in [5, 5.41) is 15.7. The highest BCUT2D eigenvalue weighted by molar-refractivity contribution is 9.13. The predicted octanol–water partition coefficient (Wildman–Crippen LogP) is 3.75. The summed E-state index contributed by atoms with van der Waals surface area (Å²) in [6, 6.07) is 5.11. The number of aromatic hydroxyl groups is 1. The van der Waals surface area contributed by atoms with Crippen LogP contribution in [0.25, 0.3) is 0 Å². The van der Waals surface area contributed by atoms with Crippen LogP contribution >= 0.6 is 43.2 Å². The molecule has 1 heterocycles. The topological polar surface area (TPSA) is 70.9 Å². The fourth-order valence-corrected chi connectivity index (χ4v) is 2.94. The number of hydrogen-bond donors (Lipinski definition) is 2. The lowest BCUT2D eigenvalue weighted by Crippen LogP contribution is -2.16. The predicted molar refractivity (Wildman–Crippen MR) is 89.4 cm³/mol. The Morgan fingerprint density at radius 2 is 2.29 bits per heavy atom. The van der Waals surface area contributed by atoms with Crippen molar-refractivity contribution >= 4 is 55.3 Å². The van der Waals surface area contributed by atoms with E-state index in [9.17, 15) is 9.90 Å². The Kier molecular flexibility index (Phi) is 5.38. The minimum Gasteiger partial charge on any atom is -0.504 e. The molecule has 1 aromatic carbocycles. The average Bonchev–Trinajstić information content (AvgIpc) is 3.00. The van der Waals surface area contributed by atoms with Crippen LogP contribution in [0.3, 0.4) is 0 Å². The van der Waals surface area contributed by atoms with Gasteiger partial charge in [0.1, 0.15) is 0 Å². The van der Waals surface area contributed by atoms with E-state index in [1.807, 2.05) is 0 Å². The van der Waals surface area contributed by atoms with Crippen LogP contribution in [0.5, 0.6) is 11.5 Å². The van der Waals surface area contributed by atoms with Crippen molar-refractivity contribution in [1.29, 1.82) is 0 Å². The Hall–Kier alpha value is -1.38. The molecule has 8 heteroatoms. The van der Waals surface area contributed by atoms with E-state index in [1.54, 1.807) is 23.6 Å². The summed E-state index contributed by atoms with van der Waals surface area (Å²) in [4.78, 5) is 12.3. The van der Waals surface area contributed by atoms with E-state index in [0.717, 1.165) is 0 Å². The van der Waals surface area contributed by atoms with Crippen molar-refractivity contribution in [2.75, 3.05) is 7.11 Å². The van der Waals surface area contributed by atoms with Gasteiger partial charge in [0.15, 0.2) is 11.5 Å². The van der Waals surface area contributed by atoms with Crippen LogP contribution in [0.15, 0.2) is 37.6 Å². The van der Waals surface area contributed by atoms with Gasteiger partial charge in [-0.2, -0.15) is 5.10 Å². The number of benzene rings is 1. The maximum absolute atomic E-state index is 11.7. The van der Waals surface area contributed by atoms with Gasteiger partial charge in [0.05, 0.1) is 23.8 Å². The fourth-order valence-electron chi connectivity index (χ4n) is 1.50. The van der Waals surface area contributed by atoms with Gasteiger partial charge < -0.3 is 9.84 Å². The summed E-state index contributed by atoms with van der Waals surface area (Å²) in [6.45, 7) is 0. The molecule has 2 aromatic rings. The molecular formula is C13H10Br2N2O3S. The van der Waals surface area contributed by atoms with Crippen LogP contribution in [0.2, 0.25) is 0 Å². The zero-order valence-electron chi connectivity index (χ0n) is 10.8. The van der Waals surface area contributed by atoms with Crippen LogP contribution < -0.4 is 10.2 Å². The molecule has 2 N–H and O–H groups in total. The molecule has 0 radical (unpaired) electrons. The third-order valence-electron chi connectivity index (χ3n) is 2.52. The van der Waals surface area contributed by atoms with Crippen molar-refractivity contribution in [2.24, 2.45) is 5.10 Å². The number of phenols is 1. The number of rotatable bonds is 4. The lowest BCUT2D eigenvalue weighted by Gasteiger charge is -2.09. The smallest absolute Gasteiger partial charge is 0.281 e. The molecule has 1 aromatic heterocycles. The van der Waals surface area contributed by atoms with E-state index in [-0.39, 0.29) is 11.7 Å². The molecule has 0 fully saturated rings. The molecule has 0 atom stereocenters. The van der Waals surface area contributed by atoms with E-state index in [0.29, 0.717) is 25.1 Å². The zero-order chi connectivity index (χ0) is 15.4. The van der Waals surface area contributed by atoms with Gasteiger partial charge in [0.2, 0.25) is 0 Å². The number of ether oxygens (including phenoxy) is 1. The van der Waals surface area contributed by atoms with Crippen molar-refractivity contribution < 1.29 is 14.6 Å². The first-order valence-electron chi connectivity index (χ1n) is 5.66. The summed E-state index contributed by atoms with van der Waals surface area (Å²) in [5.41, 5.74) is 2.79. The van der Waals surface area contributed by atoms with Gasteiger partial charge in [0, 0.05) is 8.95 Å². The zero-order valence-corrected chi connectivity index (χ0v) is 14.8. The highest BCUT2D eigenvalue weighted by Gasteiger charge is 2.14. The molecule has 21 heavy (non-hydrogen) atoms. The quantitative estimate of drug-likeness (QED) is 0.569. The molecule has 5 nitrogen and oxygen atoms in total. The lowest BCUT2D eigenvalue weighted by molar-refractivity contribution is 0.0959. The summed E-state index contributed by atoms with van der Waals surface area (Å²) < 4.78 is 6.36. The second kappa shape index (κ2) is 7.06. The van der Waals surface area contributed by atoms with Crippen LogP contribution in [-0.2, 0) is 0 Å². The molecule has 2 rings (SSSR count). The van der Waals surface area contributed by atoms with E-state index in [4.69, 9.17) is 4.74 Å². The minimum atomic E-state index is -0.307. The van der Waals surface area contributed by atoms with Gasteiger partial charge in [-0.1, -0.05) is 6.07 Å². The Morgan fingerprint density at radius 1 is 1.52 bits per heavy atom. The number of hydrogen-bond acceptors (Lipinski definition) is 5. The number of phenolic OH excluding ortho intramolecular Hbond substituents is 1. The molecule has 0 bridgehead atoms. The molecule has 0 aliphatic rings. The maximum Gasteiger partial charge on any atom is 0.281 e. The second-order valence-electron chi connectivity index (χ2n) is 3.81. The van der Waals surface area contributed by atoms with Crippen molar-refractivity contribution in [2.45, 2.75) is 0 Å². The number of carbonyl (C=O) groups excluding carboxylic acids is 1. The summed E-state index contributed by atoms with van der Waals surface area (Å²) in [5.74, 6) is -0.0726. The van der Waals surface area contributed by atoms with E-state index in [1.165, 1.54) is 24.7 Å². The van der Waals surface area contributed by atoms with Crippen molar-refractivity contribution in [1.82, 2.24) is 5.43 Å². The van der Waals surface area contributed by atoms with E-state index >= 15 is 0 Å². The van der Waals surface area contributed by atoms with Gasteiger partial charge in [-0.05, 0) is 49.4 Å². The number of carbonyl (C=O) groups is 1. The first-order valence-corrected chi connectivity index (χ1v) is 8.13. The van der Waals surface area contributed by atoms with Crippen molar-refractivity contribution in [3.8, 4) is 11.5 Å². The van der Waals surface area contributed by atoms with Crippen LogP contribution in [-0.4, -0.2) is 24.3 Å². The van der Waals surface area contributed by atoms with Gasteiger partial charge in [-0.3, -0.25) is 4.79 Å². The highest BCUT2D eigenvalue weighted by atomic mass is 79.9. The van der Waals surface area contributed by atoms with Gasteiger partial charge in [0.25, 0.3) is 5.91 Å².